The second kappa shape index (κ2) is 5.01. The van der Waals surface area contributed by atoms with Crippen molar-refractivity contribution in [3.05, 3.63) is 36.3 Å². The summed E-state index contributed by atoms with van der Waals surface area (Å²) in [7, 11) is 0. The summed E-state index contributed by atoms with van der Waals surface area (Å²) < 4.78 is 1.59. The fourth-order valence-corrected chi connectivity index (χ4v) is 2.43. The van der Waals surface area contributed by atoms with E-state index in [0.717, 1.165) is 0 Å². The molecule has 3 rings (SSSR count). The fraction of sp³-hybridized carbons (Fsp3) is 0.286. The summed E-state index contributed by atoms with van der Waals surface area (Å²) in [6, 6.07) is 5.46. The minimum absolute atomic E-state index is 0.0313. The fourth-order valence-electron chi connectivity index (χ4n) is 2.43. The normalized spacial score (nSPS) is 18.2. The zero-order chi connectivity index (χ0) is 15.0. The standard InChI is InChI=1S/C14H14N4O3/c1-9-11(17-7-10(14(20)21)6-13(17)19)8-18(16-9)12-4-2-3-5-15-12/h2-5,8,10H,6-7H2,1H3,(H,20,21). The van der Waals surface area contributed by atoms with Gasteiger partial charge in [-0.15, -0.1) is 0 Å². The van der Waals surface area contributed by atoms with Crippen molar-refractivity contribution in [2.75, 3.05) is 11.4 Å². The summed E-state index contributed by atoms with van der Waals surface area (Å²) in [6.45, 7) is 1.97. The molecule has 1 N–H and O–H groups in total. The number of carbonyl (C=O) groups excluding carboxylic acids is 1. The number of hydrogen-bond donors (Lipinski definition) is 1. The third kappa shape index (κ3) is 2.37. The van der Waals surface area contributed by atoms with Crippen LogP contribution in [0.25, 0.3) is 5.82 Å². The molecule has 0 aliphatic carbocycles. The van der Waals surface area contributed by atoms with Gasteiger partial charge in [0.25, 0.3) is 0 Å². The Morgan fingerprint density at radius 3 is 2.86 bits per heavy atom. The lowest BCUT2D eigenvalue weighted by atomic mass is 10.1. The molecule has 0 bridgehead atoms. The zero-order valence-corrected chi connectivity index (χ0v) is 11.4. The maximum Gasteiger partial charge on any atom is 0.308 e. The Balaban J connectivity index is 1.92. The number of nitrogens with zero attached hydrogens (tertiary/aromatic N) is 4. The van der Waals surface area contributed by atoms with Crippen LogP contribution in [0.1, 0.15) is 12.1 Å². The Kier molecular flexibility index (Phi) is 3.17. The maximum absolute atomic E-state index is 12.0. The predicted molar refractivity (Wildman–Crippen MR) is 74.2 cm³/mol. The second-order valence-electron chi connectivity index (χ2n) is 4.98. The molecule has 7 heteroatoms. The van der Waals surface area contributed by atoms with Gasteiger partial charge in [-0.2, -0.15) is 5.10 Å². The third-order valence-corrected chi connectivity index (χ3v) is 3.52. The first-order valence-corrected chi connectivity index (χ1v) is 6.57. The van der Waals surface area contributed by atoms with E-state index in [1.807, 2.05) is 18.2 Å². The minimum Gasteiger partial charge on any atom is -0.481 e. The molecule has 1 aliphatic heterocycles. The van der Waals surface area contributed by atoms with E-state index in [2.05, 4.69) is 10.1 Å². The number of aliphatic carboxylic acids is 1. The van der Waals surface area contributed by atoms with Crippen LogP contribution in [0.2, 0.25) is 0 Å². The van der Waals surface area contributed by atoms with E-state index in [1.165, 1.54) is 4.90 Å². The molecule has 0 saturated carbocycles. The molecule has 1 fully saturated rings. The third-order valence-electron chi connectivity index (χ3n) is 3.52. The number of hydrogen-bond acceptors (Lipinski definition) is 4. The lowest BCUT2D eigenvalue weighted by Gasteiger charge is -2.14. The molecular formula is C14H14N4O3. The van der Waals surface area contributed by atoms with Crippen molar-refractivity contribution >= 4 is 17.6 Å². The van der Waals surface area contributed by atoms with Crippen molar-refractivity contribution < 1.29 is 14.7 Å². The van der Waals surface area contributed by atoms with Gasteiger partial charge < -0.3 is 10.0 Å². The number of pyridine rings is 1. The van der Waals surface area contributed by atoms with Gasteiger partial charge in [-0.3, -0.25) is 9.59 Å². The summed E-state index contributed by atoms with van der Waals surface area (Å²) in [5.41, 5.74) is 1.30. The van der Waals surface area contributed by atoms with Crippen LogP contribution in [-0.2, 0) is 9.59 Å². The topological polar surface area (TPSA) is 88.3 Å². The van der Waals surface area contributed by atoms with Gasteiger partial charge in [-0.1, -0.05) is 6.07 Å². The predicted octanol–water partition coefficient (Wildman–Crippen LogP) is 1.01. The molecule has 7 nitrogen and oxygen atoms in total. The Bertz CT molecular complexity index is 695. The van der Waals surface area contributed by atoms with E-state index in [1.54, 1.807) is 24.0 Å². The number of anilines is 1. The Morgan fingerprint density at radius 1 is 1.43 bits per heavy atom. The van der Waals surface area contributed by atoms with Crippen molar-refractivity contribution in [2.24, 2.45) is 5.92 Å². The van der Waals surface area contributed by atoms with E-state index in [9.17, 15) is 9.59 Å². The molecule has 2 aromatic heterocycles. The number of carboxylic acids is 1. The average Bonchev–Trinajstić information content (AvgIpc) is 3.03. The Morgan fingerprint density at radius 2 is 2.24 bits per heavy atom. The van der Waals surface area contributed by atoms with Crippen molar-refractivity contribution in [3.8, 4) is 5.82 Å². The number of rotatable bonds is 3. The number of carbonyl (C=O) groups is 2. The molecule has 1 saturated heterocycles. The summed E-state index contributed by atoms with van der Waals surface area (Å²) >= 11 is 0. The first kappa shape index (κ1) is 13.3. The van der Waals surface area contributed by atoms with Gasteiger partial charge in [0.05, 0.1) is 23.5 Å². The minimum atomic E-state index is -0.944. The molecule has 108 valence electrons. The highest BCUT2D eigenvalue weighted by molar-refractivity contribution is 5.99. The van der Waals surface area contributed by atoms with Crippen molar-refractivity contribution in [1.29, 1.82) is 0 Å². The molecule has 1 aliphatic rings. The quantitative estimate of drug-likeness (QED) is 0.909. The van der Waals surface area contributed by atoms with Gasteiger partial charge in [0.2, 0.25) is 5.91 Å². The second-order valence-corrected chi connectivity index (χ2v) is 4.98. The molecule has 21 heavy (non-hydrogen) atoms. The molecule has 0 spiro atoms. The number of carboxylic acid groups (broad SMARTS) is 1. The Hall–Kier alpha value is -2.70. The van der Waals surface area contributed by atoms with Crippen LogP contribution in [0.3, 0.4) is 0 Å². The largest absolute Gasteiger partial charge is 0.481 e. The molecule has 0 radical (unpaired) electrons. The van der Waals surface area contributed by atoms with Gasteiger partial charge >= 0.3 is 5.97 Å². The smallest absolute Gasteiger partial charge is 0.308 e. The van der Waals surface area contributed by atoms with Crippen LogP contribution in [0.4, 0.5) is 5.69 Å². The molecule has 1 atom stereocenters. The Labute approximate surface area is 120 Å². The van der Waals surface area contributed by atoms with Crippen LogP contribution in [0.5, 0.6) is 0 Å². The number of amides is 1. The first-order chi connectivity index (χ1) is 10.1. The molecule has 1 unspecified atom stereocenters. The van der Waals surface area contributed by atoms with Gasteiger partial charge in [0, 0.05) is 19.2 Å². The highest BCUT2D eigenvalue weighted by Crippen LogP contribution is 2.28. The highest BCUT2D eigenvalue weighted by atomic mass is 16.4. The monoisotopic (exact) mass is 286 g/mol. The van der Waals surface area contributed by atoms with Gasteiger partial charge in [0.15, 0.2) is 5.82 Å². The van der Waals surface area contributed by atoms with Crippen molar-refractivity contribution in [3.63, 3.8) is 0 Å². The van der Waals surface area contributed by atoms with E-state index in [0.29, 0.717) is 17.2 Å². The van der Waals surface area contributed by atoms with E-state index >= 15 is 0 Å². The van der Waals surface area contributed by atoms with Gasteiger partial charge in [-0.05, 0) is 19.1 Å². The lowest BCUT2D eigenvalue weighted by molar-refractivity contribution is -0.141. The lowest BCUT2D eigenvalue weighted by Crippen LogP contribution is -2.26. The van der Waals surface area contributed by atoms with Gasteiger partial charge in [-0.25, -0.2) is 9.67 Å². The van der Waals surface area contributed by atoms with Crippen LogP contribution < -0.4 is 4.90 Å². The molecular weight excluding hydrogens is 272 g/mol. The summed E-state index contributed by atoms with van der Waals surface area (Å²) in [4.78, 5) is 28.7. The van der Waals surface area contributed by atoms with Crippen LogP contribution in [0.15, 0.2) is 30.6 Å². The molecule has 3 heterocycles. The highest BCUT2D eigenvalue weighted by Gasteiger charge is 2.36. The van der Waals surface area contributed by atoms with Crippen molar-refractivity contribution in [2.45, 2.75) is 13.3 Å². The van der Waals surface area contributed by atoms with E-state index in [-0.39, 0.29) is 18.9 Å². The zero-order valence-electron chi connectivity index (χ0n) is 11.4. The maximum atomic E-state index is 12.0. The van der Waals surface area contributed by atoms with Crippen LogP contribution >= 0.6 is 0 Å². The number of aromatic nitrogens is 3. The number of aryl methyl sites for hydroxylation is 1. The summed E-state index contributed by atoms with van der Waals surface area (Å²) in [5.74, 6) is -1.14. The summed E-state index contributed by atoms with van der Waals surface area (Å²) in [5, 5.41) is 13.4. The first-order valence-electron chi connectivity index (χ1n) is 6.57. The van der Waals surface area contributed by atoms with Crippen LogP contribution in [0, 0.1) is 12.8 Å². The molecule has 1 amide bonds. The van der Waals surface area contributed by atoms with E-state index < -0.39 is 11.9 Å². The summed E-state index contributed by atoms with van der Waals surface area (Å²) in [6.07, 6.45) is 3.40. The van der Waals surface area contributed by atoms with Gasteiger partial charge in [0.1, 0.15) is 0 Å². The van der Waals surface area contributed by atoms with E-state index in [4.69, 9.17) is 5.11 Å². The SMILES string of the molecule is Cc1nn(-c2ccccn2)cc1N1CC(C(=O)O)CC1=O. The molecule has 2 aromatic rings. The molecule has 0 aromatic carbocycles. The van der Waals surface area contributed by atoms with Crippen LogP contribution in [-0.4, -0.2) is 38.3 Å². The van der Waals surface area contributed by atoms with Crippen molar-refractivity contribution in [1.82, 2.24) is 14.8 Å². The average molecular weight is 286 g/mol.